The Labute approximate surface area is 128 Å². The summed E-state index contributed by atoms with van der Waals surface area (Å²) in [6, 6.07) is 7.51. The van der Waals surface area contributed by atoms with Crippen LogP contribution in [0.1, 0.15) is 18.4 Å². The summed E-state index contributed by atoms with van der Waals surface area (Å²) in [5, 5.41) is 12.9. The summed E-state index contributed by atoms with van der Waals surface area (Å²) in [6.07, 6.45) is 4.46. The normalized spacial score (nSPS) is 10.2. The van der Waals surface area contributed by atoms with Crippen LogP contribution in [0.5, 0.6) is 0 Å². The first-order valence-electron chi connectivity index (χ1n) is 7.10. The fourth-order valence-electron chi connectivity index (χ4n) is 2.01. The standard InChI is InChI=1S/C15H19N5O2/c1-16-14(21)7-6-12-4-2-3-5-13(12)19-15(22)8-9-20-10-17-18-11-20/h2-5,10-11H,6-9H2,1H3,(H,16,21)(H,19,22). The number of anilines is 1. The number of aryl methyl sites for hydroxylation is 2. The molecule has 7 heteroatoms. The molecular weight excluding hydrogens is 282 g/mol. The van der Waals surface area contributed by atoms with Crippen molar-refractivity contribution < 1.29 is 9.59 Å². The quantitative estimate of drug-likeness (QED) is 0.798. The number of para-hydroxylation sites is 1. The van der Waals surface area contributed by atoms with Crippen molar-refractivity contribution in [2.24, 2.45) is 0 Å². The first-order valence-corrected chi connectivity index (χ1v) is 7.10. The lowest BCUT2D eigenvalue weighted by molar-refractivity contribution is -0.120. The van der Waals surface area contributed by atoms with Crippen LogP contribution in [-0.2, 0) is 22.6 Å². The van der Waals surface area contributed by atoms with Gasteiger partial charge in [0.1, 0.15) is 12.7 Å². The van der Waals surface area contributed by atoms with Gasteiger partial charge in [-0.2, -0.15) is 0 Å². The Bertz CT molecular complexity index is 625. The van der Waals surface area contributed by atoms with Gasteiger partial charge >= 0.3 is 0 Å². The molecule has 0 radical (unpaired) electrons. The number of amides is 2. The van der Waals surface area contributed by atoms with E-state index in [-0.39, 0.29) is 11.8 Å². The molecule has 116 valence electrons. The van der Waals surface area contributed by atoms with Gasteiger partial charge in [0.05, 0.1) is 0 Å². The molecule has 0 bridgehead atoms. The number of nitrogens with zero attached hydrogens (tertiary/aromatic N) is 3. The first-order chi connectivity index (χ1) is 10.7. The Morgan fingerprint density at radius 1 is 1.09 bits per heavy atom. The van der Waals surface area contributed by atoms with Crippen LogP contribution in [0.2, 0.25) is 0 Å². The van der Waals surface area contributed by atoms with Gasteiger partial charge in [0.25, 0.3) is 0 Å². The number of rotatable bonds is 7. The lowest BCUT2D eigenvalue weighted by Gasteiger charge is -2.11. The molecule has 0 atom stereocenters. The Kier molecular flexibility index (Phi) is 5.65. The highest BCUT2D eigenvalue weighted by molar-refractivity contribution is 5.91. The minimum Gasteiger partial charge on any atom is -0.359 e. The molecule has 0 aliphatic rings. The van der Waals surface area contributed by atoms with Gasteiger partial charge in [-0.1, -0.05) is 18.2 Å². The Hall–Kier alpha value is -2.70. The van der Waals surface area contributed by atoms with Gasteiger partial charge < -0.3 is 15.2 Å². The Morgan fingerprint density at radius 3 is 2.55 bits per heavy atom. The van der Waals surface area contributed by atoms with Crippen LogP contribution in [0, 0.1) is 0 Å². The van der Waals surface area contributed by atoms with Crippen LogP contribution in [0.25, 0.3) is 0 Å². The molecule has 1 aromatic heterocycles. The van der Waals surface area contributed by atoms with E-state index in [4.69, 9.17) is 0 Å². The van der Waals surface area contributed by atoms with E-state index in [1.165, 1.54) is 0 Å². The van der Waals surface area contributed by atoms with Gasteiger partial charge in [-0.15, -0.1) is 10.2 Å². The summed E-state index contributed by atoms with van der Waals surface area (Å²) in [5.41, 5.74) is 1.70. The fourth-order valence-corrected chi connectivity index (χ4v) is 2.01. The monoisotopic (exact) mass is 301 g/mol. The molecule has 2 amide bonds. The molecule has 1 aromatic carbocycles. The van der Waals surface area contributed by atoms with E-state index in [1.54, 1.807) is 24.3 Å². The molecule has 1 heterocycles. The van der Waals surface area contributed by atoms with E-state index < -0.39 is 0 Å². The van der Waals surface area contributed by atoms with E-state index >= 15 is 0 Å². The van der Waals surface area contributed by atoms with Gasteiger partial charge in [-0.05, 0) is 18.1 Å². The van der Waals surface area contributed by atoms with Crippen molar-refractivity contribution in [2.45, 2.75) is 25.8 Å². The number of hydrogen-bond donors (Lipinski definition) is 2. The molecular formula is C15H19N5O2. The second-order valence-corrected chi connectivity index (χ2v) is 4.83. The SMILES string of the molecule is CNC(=O)CCc1ccccc1NC(=O)CCn1cnnc1. The summed E-state index contributed by atoms with van der Waals surface area (Å²) < 4.78 is 1.75. The van der Waals surface area contributed by atoms with Crippen molar-refractivity contribution in [1.82, 2.24) is 20.1 Å². The van der Waals surface area contributed by atoms with Gasteiger partial charge in [0.15, 0.2) is 0 Å². The molecule has 0 saturated carbocycles. The van der Waals surface area contributed by atoms with Crippen LogP contribution in [0.3, 0.4) is 0 Å². The van der Waals surface area contributed by atoms with E-state index in [2.05, 4.69) is 20.8 Å². The maximum absolute atomic E-state index is 12.0. The first kappa shape index (κ1) is 15.7. The zero-order valence-electron chi connectivity index (χ0n) is 12.5. The lowest BCUT2D eigenvalue weighted by Crippen LogP contribution is -2.19. The lowest BCUT2D eigenvalue weighted by atomic mass is 10.1. The van der Waals surface area contributed by atoms with E-state index in [0.717, 1.165) is 11.3 Å². The molecule has 0 fully saturated rings. The zero-order valence-corrected chi connectivity index (χ0v) is 12.5. The molecule has 2 rings (SSSR count). The number of hydrogen-bond acceptors (Lipinski definition) is 4. The smallest absolute Gasteiger partial charge is 0.226 e. The highest BCUT2D eigenvalue weighted by Gasteiger charge is 2.08. The van der Waals surface area contributed by atoms with Crippen LogP contribution >= 0.6 is 0 Å². The van der Waals surface area contributed by atoms with Crippen LogP contribution < -0.4 is 10.6 Å². The topological polar surface area (TPSA) is 88.9 Å². The molecule has 0 spiro atoms. The maximum Gasteiger partial charge on any atom is 0.226 e. The molecule has 2 aromatic rings. The number of carbonyl (C=O) groups is 2. The minimum absolute atomic E-state index is 0.0197. The van der Waals surface area contributed by atoms with E-state index in [0.29, 0.717) is 25.8 Å². The minimum atomic E-state index is -0.0823. The molecule has 2 N–H and O–H groups in total. The highest BCUT2D eigenvalue weighted by Crippen LogP contribution is 2.17. The summed E-state index contributed by atoms with van der Waals surface area (Å²) in [5.74, 6) is -0.102. The fraction of sp³-hybridized carbons (Fsp3) is 0.333. The average molecular weight is 301 g/mol. The van der Waals surface area contributed by atoms with Crippen molar-refractivity contribution in [3.8, 4) is 0 Å². The van der Waals surface area contributed by atoms with Crippen molar-refractivity contribution in [3.63, 3.8) is 0 Å². The van der Waals surface area contributed by atoms with Crippen molar-refractivity contribution >= 4 is 17.5 Å². The van der Waals surface area contributed by atoms with Crippen molar-refractivity contribution in [2.75, 3.05) is 12.4 Å². The molecule has 7 nitrogen and oxygen atoms in total. The predicted molar refractivity (Wildman–Crippen MR) is 82.1 cm³/mol. The van der Waals surface area contributed by atoms with Crippen LogP contribution in [0.4, 0.5) is 5.69 Å². The van der Waals surface area contributed by atoms with Crippen molar-refractivity contribution in [3.05, 3.63) is 42.5 Å². The number of aromatic nitrogens is 3. The molecule has 0 aliphatic carbocycles. The van der Waals surface area contributed by atoms with E-state index in [9.17, 15) is 9.59 Å². The highest BCUT2D eigenvalue weighted by atomic mass is 16.2. The summed E-state index contributed by atoms with van der Waals surface area (Å²) in [6.45, 7) is 0.527. The third-order valence-electron chi connectivity index (χ3n) is 3.26. The predicted octanol–water partition coefficient (Wildman–Crippen LogP) is 0.985. The van der Waals surface area contributed by atoms with Crippen molar-refractivity contribution in [1.29, 1.82) is 0 Å². The molecule has 22 heavy (non-hydrogen) atoms. The number of carbonyl (C=O) groups excluding carboxylic acids is 2. The van der Waals surface area contributed by atoms with Gasteiger partial charge in [0.2, 0.25) is 11.8 Å². The summed E-state index contributed by atoms with van der Waals surface area (Å²) in [4.78, 5) is 23.3. The molecule has 0 saturated heterocycles. The van der Waals surface area contributed by atoms with E-state index in [1.807, 2.05) is 24.3 Å². The number of benzene rings is 1. The zero-order chi connectivity index (χ0) is 15.8. The number of nitrogens with one attached hydrogen (secondary N) is 2. The van der Waals surface area contributed by atoms with Gasteiger partial charge in [-0.3, -0.25) is 9.59 Å². The average Bonchev–Trinajstić information content (AvgIpc) is 3.05. The van der Waals surface area contributed by atoms with Crippen LogP contribution in [0.15, 0.2) is 36.9 Å². The second kappa shape index (κ2) is 7.92. The Balaban J connectivity index is 1.90. The second-order valence-electron chi connectivity index (χ2n) is 4.83. The largest absolute Gasteiger partial charge is 0.359 e. The molecule has 0 aliphatic heterocycles. The van der Waals surface area contributed by atoms with Gasteiger partial charge in [-0.25, -0.2) is 0 Å². The molecule has 0 unspecified atom stereocenters. The summed E-state index contributed by atoms with van der Waals surface area (Å²) >= 11 is 0. The van der Waals surface area contributed by atoms with Gasteiger partial charge in [0, 0.05) is 32.1 Å². The summed E-state index contributed by atoms with van der Waals surface area (Å²) in [7, 11) is 1.61. The van der Waals surface area contributed by atoms with Crippen LogP contribution in [-0.4, -0.2) is 33.6 Å². The maximum atomic E-state index is 12.0. The third-order valence-corrected chi connectivity index (χ3v) is 3.26. The third kappa shape index (κ3) is 4.69. The Morgan fingerprint density at radius 2 is 1.82 bits per heavy atom.